The Morgan fingerprint density at radius 3 is 2.70 bits per heavy atom. The average molecular weight is 314 g/mol. The summed E-state index contributed by atoms with van der Waals surface area (Å²) in [5, 5.41) is 3.42. The number of nitrogens with zero attached hydrogens (tertiary/aromatic N) is 2. The van der Waals surface area contributed by atoms with Crippen molar-refractivity contribution in [3.8, 4) is 5.69 Å². The summed E-state index contributed by atoms with van der Waals surface area (Å²) < 4.78 is 15.4. The van der Waals surface area contributed by atoms with Crippen molar-refractivity contribution in [1.29, 1.82) is 0 Å². The highest BCUT2D eigenvalue weighted by Gasteiger charge is 2.20. The first-order valence-electron chi connectivity index (χ1n) is 6.54. The number of nitrogens with one attached hydrogen (secondary N) is 1. The molecule has 106 valence electrons. The molecule has 1 aliphatic heterocycles. The molecule has 0 aliphatic carbocycles. The first kappa shape index (κ1) is 13.9. The molecule has 1 aliphatic rings. The molecule has 0 radical (unpaired) electrons. The molecule has 6 heteroatoms. The molecule has 1 saturated heterocycles. The minimum absolute atomic E-state index is 0.0221. The van der Waals surface area contributed by atoms with Crippen LogP contribution in [0.1, 0.15) is 24.5 Å². The molecular formula is C14H14Cl2FN3. The minimum atomic E-state index is -0.585. The summed E-state index contributed by atoms with van der Waals surface area (Å²) in [5.74, 6) is -0.188. The van der Waals surface area contributed by atoms with Crippen LogP contribution in [0.4, 0.5) is 4.39 Å². The van der Waals surface area contributed by atoms with Gasteiger partial charge in [0.05, 0.1) is 16.4 Å². The number of imidazole rings is 1. The summed E-state index contributed by atoms with van der Waals surface area (Å²) in [6, 6.07) is 3.15. The number of aromatic nitrogens is 2. The molecule has 2 aromatic rings. The van der Waals surface area contributed by atoms with Gasteiger partial charge >= 0.3 is 0 Å². The van der Waals surface area contributed by atoms with E-state index in [1.807, 2.05) is 10.8 Å². The van der Waals surface area contributed by atoms with E-state index in [-0.39, 0.29) is 10.0 Å². The van der Waals surface area contributed by atoms with Crippen LogP contribution in [0.5, 0.6) is 0 Å². The third-order valence-electron chi connectivity index (χ3n) is 3.63. The maximum Gasteiger partial charge on any atom is 0.160 e. The SMILES string of the molecule is Fc1c(Cl)cc(-n2cncc2C2CCCNC2)cc1Cl. The zero-order valence-corrected chi connectivity index (χ0v) is 12.3. The quantitative estimate of drug-likeness (QED) is 0.855. The maximum absolute atomic E-state index is 13.5. The molecule has 20 heavy (non-hydrogen) atoms. The van der Waals surface area contributed by atoms with Crippen LogP contribution in [-0.2, 0) is 0 Å². The predicted octanol–water partition coefficient (Wildman–Crippen LogP) is 3.79. The summed E-state index contributed by atoms with van der Waals surface area (Å²) in [7, 11) is 0. The van der Waals surface area contributed by atoms with Crippen molar-refractivity contribution in [2.75, 3.05) is 13.1 Å². The second-order valence-corrected chi connectivity index (χ2v) is 5.77. The number of benzene rings is 1. The highest BCUT2D eigenvalue weighted by molar-refractivity contribution is 6.35. The standard InChI is InChI=1S/C14H14Cl2FN3/c15-11-4-10(5-12(16)14(11)17)20-8-19-7-13(20)9-2-1-3-18-6-9/h4-5,7-9,18H,1-3,6H2. The summed E-state index contributed by atoms with van der Waals surface area (Å²) in [4.78, 5) is 4.21. The van der Waals surface area contributed by atoms with Gasteiger partial charge in [-0.25, -0.2) is 9.37 Å². The molecule has 3 rings (SSSR count). The van der Waals surface area contributed by atoms with Crippen LogP contribution in [0.15, 0.2) is 24.7 Å². The number of halogens is 3. The van der Waals surface area contributed by atoms with Crippen LogP contribution in [0.2, 0.25) is 10.0 Å². The topological polar surface area (TPSA) is 29.9 Å². The normalized spacial score (nSPS) is 19.2. The van der Waals surface area contributed by atoms with Crippen LogP contribution in [0, 0.1) is 5.82 Å². The van der Waals surface area contributed by atoms with Gasteiger partial charge in [-0.3, -0.25) is 0 Å². The van der Waals surface area contributed by atoms with Gasteiger partial charge in [-0.2, -0.15) is 0 Å². The highest BCUT2D eigenvalue weighted by Crippen LogP contribution is 2.30. The largest absolute Gasteiger partial charge is 0.316 e. The van der Waals surface area contributed by atoms with Gasteiger partial charge in [0.25, 0.3) is 0 Å². The molecule has 3 nitrogen and oxygen atoms in total. The van der Waals surface area contributed by atoms with E-state index in [4.69, 9.17) is 23.2 Å². The molecule has 0 spiro atoms. The van der Waals surface area contributed by atoms with Gasteiger partial charge < -0.3 is 9.88 Å². The maximum atomic E-state index is 13.5. The fourth-order valence-corrected chi connectivity index (χ4v) is 3.08. The Morgan fingerprint density at radius 1 is 1.30 bits per heavy atom. The Morgan fingerprint density at radius 2 is 2.05 bits per heavy atom. The van der Waals surface area contributed by atoms with Crippen molar-refractivity contribution >= 4 is 23.2 Å². The molecule has 2 heterocycles. The number of hydrogen-bond donors (Lipinski definition) is 1. The van der Waals surface area contributed by atoms with Crippen LogP contribution < -0.4 is 5.32 Å². The van der Waals surface area contributed by atoms with Crippen LogP contribution in [-0.4, -0.2) is 22.6 Å². The van der Waals surface area contributed by atoms with Crippen molar-refractivity contribution in [2.24, 2.45) is 0 Å². The van der Waals surface area contributed by atoms with E-state index in [9.17, 15) is 4.39 Å². The fraction of sp³-hybridized carbons (Fsp3) is 0.357. The molecule has 1 aromatic carbocycles. The molecule has 0 bridgehead atoms. The van der Waals surface area contributed by atoms with Gasteiger partial charge in [-0.05, 0) is 31.5 Å². The number of piperidine rings is 1. The van der Waals surface area contributed by atoms with E-state index < -0.39 is 5.82 Å². The molecule has 1 atom stereocenters. The van der Waals surface area contributed by atoms with Crippen LogP contribution in [0.25, 0.3) is 5.69 Å². The van der Waals surface area contributed by atoms with E-state index in [2.05, 4.69) is 10.3 Å². The second-order valence-electron chi connectivity index (χ2n) is 4.96. The van der Waals surface area contributed by atoms with Crippen molar-refractivity contribution in [3.63, 3.8) is 0 Å². The van der Waals surface area contributed by atoms with Gasteiger partial charge in [-0.1, -0.05) is 23.2 Å². The molecule has 1 fully saturated rings. The Bertz CT molecular complexity index is 598. The summed E-state index contributed by atoms with van der Waals surface area (Å²) in [6.45, 7) is 1.98. The molecule has 1 aromatic heterocycles. The average Bonchev–Trinajstić information content (AvgIpc) is 2.94. The molecule has 0 saturated carbocycles. The number of rotatable bonds is 2. The third kappa shape index (κ3) is 2.55. The zero-order valence-electron chi connectivity index (χ0n) is 10.7. The van der Waals surface area contributed by atoms with Gasteiger partial charge in [0, 0.05) is 30.0 Å². The zero-order chi connectivity index (χ0) is 14.1. The van der Waals surface area contributed by atoms with Crippen molar-refractivity contribution in [2.45, 2.75) is 18.8 Å². The summed E-state index contributed by atoms with van der Waals surface area (Å²) in [5.41, 5.74) is 1.83. The Hall–Kier alpha value is -1.10. The van der Waals surface area contributed by atoms with Gasteiger partial charge in [-0.15, -0.1) is 0 Å². The predicted molar refractivity (Wildman–Crippen MR) is 78.4 cm³/mol. The lowest BCUT2D eigenvalue weighted by atomic mass is 9.96. The third-order valence-corrected chi connectivity index (χ3v) is 4.18. The van der Waals surface area contributed by atoms with Crippen molar-refractivity contribution in [1.82, 2.24) is 14.9 Å². The molecule has 0 amide bonds. The van der Waals surface area contributed by atoms with Crippen LogP contribution >= 0.6 is 23.2 Å². The smallest absolute Gasteiger partial charge is 0.160 e. The Balaban J connectivity index is 2.00. The number of hydrogen-bond acceptors (Lipinski definition) is 2. The lowest BCUT2D eigenvalue weighted by molar-refractivity contribution is 0.451. The van der Waals surface area contributed by atoms with Gasteiger partial charge in [0.1, 0.15) is 0 Å². The van der Waals surface area contributed by atoms with E-state index >= 15 is 0 Å². The second kappa shape index (κ2) is 5.72. The lowest BCUT2D eigenvalue weighted by Crippen LogP contribution is -2.29. The Kier molecular flexibility index (Phi) is 3.96. The van der Waals surface area contributed by atoms with E-state index in [0.717, 1.165) is 37.3 Å². The molecule has 1 unspecified atom stereocenters. The first-order valence-corrected chi connectivity index (χ1v) is 7.30. The van der Waals surface area contributed by atoms with E-state index in [1.165, 1.54) is 0 Å². The minimum Gasteiger partial charge on any atom is -0.316 e. The summed E-state index contributed by atoms with van der Waals surface area (Å²) in [6.07, 6.45) is 5.81. The first-order chi connectivity index (χ1) is 9.66. The van der Waals surface area contributed by atoms with Crippen molar-refractivity contribution in [3.05, 3.63) is 46.2 Å². The van der Waals surface area contributed by atoms with E-state index in [1.54, 1.807) is 18.5 Å². The molecular weight excluding hydrogens is 300 g/mol. The van der Waals surface area contributed by atoms with Gasteiger partial charge in [0.15, 0.2) is 5.82 Å². The van der Waals surface area contributed by atoms with Crippen molar-refractivity contribution < 1.29 is 4.39 Å². The summed E-state index contributed by atoms with van der Waals surface area (Å²) >= 11 is 11.7. The molecule has 1 N–H and O–H groups in total. The lowest BCUT2D eigenvalue weighted by Gasteiger charge is -2.24. The van der Waals surface area contributed by atoms with E-state index in [0.29, 0.717) is 5.92 Å². The fourth-order valence-electron chi connectivity index (χ4n) is 2.61. The van der Waals surface area contributed by atoms with Crippen LogP contribution in [0.3, 0.4) is 0 Å². The van der Waals surface area contributed by atoms with Gasteiger partial charge in [0.2, 0.25) is 0 Å². The monoisotopic (exact) mass is 313 g/mol. The highest BCUT2D eigenvalue weighted by atomic mass is 35.5. The Labute approximate surface area is 126 Å².